The van der Waals surface area contributed by atoms with Crippen molar-refractivity contribution in [3.8, 4) is 11.5 Å². The van der Waals surface area contributed by atoms with Crippen LogP contribution in [-0.4, -0.2) is 16.1 Å². The van der Waals surface area contributed by atoms with Gasteiger partial charge < -0.3 is 9.84 Å². The number of aromatic carboxylic acids is 1. The number of rotatable bonds is 3. The minimum Gasteiger partial charge on any atom is -0.478 e. The van der Waals surface area contributed by atoms with Gasteiger partial charge in [-0.25, -0.2) is 4.79 Å². The van der Waals surface area contributed by atoms with Crippen LogP contribution < -0.4 is 4.74 Å². The Morgan fingerprint density at radius 1 is 1.22 bits per heavy atom. The van der Waals surface area contributed by atoms with Crippen LogP contribution in [0.2, 0.25) is 0 Å². The number of carbonyl (C=O) groups is 1. The molecule has 92 valence electrons. The molecule has 0 radical (unpaired) electrons. The molecule has 1 aromatic carbocycles. The molecular formula is C14H13NO3. The van der Waals surface area contributed by atoms with Crippen molar-refractivity contribution in [1.82, 2.24) is 4.98 Å². The van der Waals surface area contributed by atoms with Gasteiger partial charge in [0, 0.05) is 6.20 Å². The number of carboxylic acid groups (broad SMARTS) is 1. The molecular weight excluding hydrogens is 230 g/mol. The summed E-state index contributed by atoms with van der Waals surface area (Å²) >= 11 is 0. The molecule has 2 aromatic rings. The zero-order chi connectivity index (χ0) is 13.1. The molecule has 0 atom stereocenters. The highest BCUT2D eigenvalue weighted by atomic mass is 16.5. The molecule has 0 bridgehead atoms. The summed E-state index contributed by atoms with van der Waals surface area (Å²) in [6.07, 6.45) is 2.83. The Balaban J connectivity index is 2.37. The topological polar surface area (TPSA) is 59.4 Å². The molecule has 1 N–H and O–H groups in total. The molecule has 0 aliphatic rings. The third-order valence-corrected chi connectivity index (χ3v) is 2.44. The number of hydrogen-bond donors (Lipinski definition) is 1. The van der Waals surface area contributed by atoms with Gasteiger partial charge in [0.2, 0.25) is 0 Å². The molecule has 0 fully saturated rings. The van der Waals surface area contributed by atoms with Gasteiger partial charge in [0.05, 0.1) is 6.20 Å². The zero-order valence-electron chi connectivity index (χ0n) is 10.2. The van der Waals surface area contributed by atoms with Gasteiger partial charge >= 0.3 is 5.97 Å². The van der Waals surface area contributed by atoms with E-state index in [4.69, 9.17) is 9.84 Å². The number of aryl methyl sites for hydroxylation is 2. The monoisotopic (exact) mass is 243 g/mol. The summed E-state index contributed by atoms with van der Waals surface area (Å²) < 4.78 is 5.59. The maximum atomic E-state index is 11.0. The van der Waals surface area contributed by atoms with Gasteiger partial charge in [0.25, 0.3) is 0 Å². The van der Waals surface area contributed by atoms with Crippen LogP contribution in [0.25, 0.3) is 0 Å². The fourth-order valence-corrected chi connectivity index (χ4v) is 1.76. The molecule has 0 saturated carbocycles. The lowest BCUT2D eigenvalue weighted by Gasteiger charge is -2.09. The summed E-state index contributed by atoms with van der Waals surface area (Å²) in [4.78, 5) is 14.9. The first kappa shape index (κ1) is 12.1. The van der Waals surface area contributed by atoms with Crippen LogP contribution in [-0.2, 0) is 0 Å². The largest absolute Gasteiger partial charge is 0.478 e. The van der Waals surface area contributed by atoms with Crippen molar-refractivity contribution in [2.24, 2.45) is 0 Å². The second-order valence-electron chi connectivity index (χ2n) is 4.10. The molecule has 4 nitrogen and oxygen atoms in total. The first-order chi connectivity index (χ1) is 8.56. The van der Waals surface area contributed by atoms with Crippen molar-refractivity contribution in [2.75, 3.05) is 0 Å². The Bertz CT molecular complexity index is 573. The fourth-order valence-electron chi connectivity index (χ4n) is 1.76. The Hall–Kier alpha value is -2.36. The van der Waals surface area contributed by atoms with Gasteiger partial charge in [0.1, 0.15) is 11.3 Å². The summed E-state index contributed by atoms with van der Waals surface area (Å²) in [5.74, 6) is -0.172. The van der Waals surface area contributed by atoms with Crippen molar-refractivity contribution in [1.29, 1.82) is 0 Å². The highest BCUT2D eigenvalue weighted by Crippen LogP contribution is 2.26. The molecule has 4 heteroatoms. The third kappa shape index (κ3) is 2.66. The first-order valence-corrected chi connectivity index (χ1v) is 5.50. The Kier molecular flexibility index (Phi) is 3.28. The van der Waals surface area contributed by atoms with Crippen molar-refractivity contribution in [3.63, 3.8) is 0 Å². The highest BCUT2D eigenvalue weighted by Gasteiger charge is 2.11. The molecule has 18 heavy (non-hydrogen) atoms. The van der Waals surface area contributed by atoms with Gasteiger partial charge in [-0.05, 0) is 43.2 Å². The van der Waals surface area contributed by atoms with Crippen molar-refractivity contribution < 1.29 is 14.6 Å². The normalized spacial score (nSPS) is 10.1. The van der Waals surface area contributed by atoms with Gasteiger partial charge in [-0.1, -0.05) is 6.07 Å². The van der Waals surface area contributed by atoms with E-state index in [1.807, 2.05) is 32.0 Å². The molecule has 0 spiro atoms. The molecule has 0 aliphatic heterocycles. The summed E-state index contributed by atoms with van der Waals surface area (Å²) in [5, 5.41) is 9.05. The summed E-state index contributed by atoms with van der Waals surface area (Å²) in [5.41, 5.74) is 2.22. The van der Waals surface area contributed by atoms with E-state index in [-0.39, 0.29) is 11.3 Å². The maximum absolute atomic E-state index is 11.0. The molecule has 2 rings (SSSR count). The van der Waals surface area contributed by atoms with Crippen LogP contribution in [0, 0.1) is 13.8 Å². The molecule has 0 saturated heterocycles. The van der Waals surface area contributed by atoms with Gasteiger partial charge in [-0.15, -0.1) is 0 Å². The third-order valence-electron chi connectivity index (χ3n) is 2.44. The standard InChI is InChI=1S/C14H13NO3/c1-9-5-10(2)7-11(6-9)18-13-8-15-4-3-12(13)14(16)17/h3-8H,1-2H3,(H,16,17). The summed E-state index contributed by atoms with van der Waals surface area (Å²) in [7, 11) is 0. The van der Waals surface area contributed by atoms with Crippen molar-refractivity contribution in [3.05, 3.63) is 53.3 Å². The average molecular weight is 243 g/mol. The van der Waals surface area contributed by atoms with Gasteiger partial charge in [0.15, 0.2) is 5.75 Å². The second kappa shape index (κ2) is 4.87. The van der Waals surface area contributed by atoms with E-state index in [0.717, 1.165) is 11.1 Å². The van der Waals surface area contributed by atoms with E-state index in [1.165, 1.54) is 18.5 Å². The predicted molar refractivity (Wildman–Crippen MR) is 67.2 cm³/mol. The molecule has 0 unspecified atom stereocenters. The number of nitrogens with zero attached hydrogens (tertiary/aromatic N) is 1. The number of carboxylic acids is 1. The lowest BCUT2D eigenvalue weighted by molar-refractivity contribution is 0.0694. The summed E-state index contributed by atoms with van der Waals surface area (Å²) in [6.45, 7) is 3.92. The fraction of sp³-hybridized carbons (Fsp3) is 0.143. The second-order valence-corrected chi connectivity index (χ2v) is 4.10. The van der Waals surface area contributed by atoms with E-state index < -0.39 is 5.97 Å². The van der Waals surface area contributed by atoms with Crippen LogP contribution in [0.1, 0.15) is 21.5 Å². The Morgan fingerprint density at radius 2 is 1.89 bits per heavy atom. The van der Waals surface area contributed by atoms with Crippen molar-refractivity contribution >= 4 is 5.97 Å². The van der Waals surface area contributed by atoms with Crippen LogP contribution in [0.5, 0.6) is 11.5 Å². The van der Waals surface area contributed by atoms with Gasteiger partial charge in [-0.2, -0.15) is 0 Å². The van der Waals surface area contributed by atoms with E-state index in [9.17, 15) is 4.79 Å². The van der Waals surface area contributed by atoms with Crippen LogP contribution in [0.15, 0.2) is 36.7 Å². The van der Waals surface area contributed by atoms with Crippen molar-refractivity contribution in [2.45, 2.75) is 13.8 Å². The predicted octanol–water partition coefficient (Wildman–Crippen LogP) is 3.19. The Labute approximate surface area is 105 Å². The zero-order valence-corrected chi connectivity index (χ0v) is 10.2. The lowest BCUT2D eigenvalue weighted by atomic mass is 10.1. The van der Waals surface area contributed by atoms with E-state index in [0.29, 0.717) is 5.75 Å². The number of aromatic nitrogens is 1. The van der Waals surface area contributed by atoms with Crippen LogP contribution in [0.4, 0.5) is 0 Å². The highest BCUT2D eigenvalue weighted by molar-refractivity contribution is 5.90. The quantitative estimate of drug-likeness (QED) is 0.899. The molecule has 0 amide bonds. The van der Waals surface area contributed by atoms with E-state index >= 15 is 0 Å². The average Bonchev–Trinajstić information content (AvgIpc) is 2.27. The molecule has 1 aromatic heterocycles. The number of benzene rings is 1. The van der Waals surface area contributed by atoms with Crippen LogP contribution >= 0.6 is 0 Å². The molecule has 0 aliphatic carbocycles. The SMILES string of the molecule is Cc1cc(C)cc(Oc2cnccc2C(=O)O)c1. The Morgan fingerprint density at radius 3 is 2.50 bits per heavy atom. The lowest BCUT2D eigenvalue weighted by Crippen LogP contribution is -2.00. The minimum absolute atomic E-state index is 0.101. The van der Waals surface area contributed by atoms with Gasteiger partial charge in [-0.3, -0.25) is 4.98 Å². The van der Waals surface area contributed by atoms with E-state index in [1.54, 1.807) is 0 Å². The minimum atomic E-state index is -1.03. The maximum Gasteiger partial charge on any atom is 0.339 e. The first-order valence-electron chi connectivity index (χ1n) is 5.50. The summed E-state index contributed by atoms with van der Waals surface area (Å²) in [6, 6.07) is 7.14. The number of pyridine rings is 1. The molecule has 1 heterocycles. The van der Waals surface area contributed by atoms with Crippen LogP contribution in [0.3, 0.4) is 0 Å². The number of ether oxygens (including phenoxy) is 1. The van der Waals surface area contributed by atoms with E-state index in [2.05, 4.69) is 4.98 Å². The smallest absolute Gasteiger partial charge is 0.339 e. The number of hydrogen-bond acceptors (Lipinski definition) is 3.